The molecular formula is C11H14N2O3S. The van der Waals surface area contributed by atoms with E-state index >= 15 is 0 Å². The van der Waals surface area contributed by atoms with Crippen LogP contribution in [-0.4, -0.2) is 37.5 Å². The van der Waals surface area contributed by atoms with Crippen LogP contribution in [0.1, 0.15) is 6.42 Å². The minimum atomic E-state index is -3.20. The van der Waals surface area contributed by atoms with E-state index in [1.165, 1.54) is 4.31 Å². The Hall–Kier alpha value is -1.40. The van der Waals surface area contributed by atoms with Crippen molar-refractivity contribution in [3.63, 3.8) is 0 Å². The van der Waals surface area contributed by atoms with Crippen molar-refractivity contribution in [1.29, 1.82) is 0 Å². The molecular weight excluding hydrogens is 240 g/mol. The molecule has 1 saturated heterocycles. The summed E-state index contributed by atoms with van der Waals surface area (Å²) >= 11 is 0. The Morgan fingerprint density at radius 2 is 2.00 bits per heavy atom. The summed E-state index contributed by atoms with van der Waals surface area (Å²) in [7, 11) is -3.20. The predicted molar refractivity (Wildman–Crippen MR) is 65.0 cm³/mol. The van der Waals surface area contributed by atoms with Crippen molar-refractivity contribution in [3.8, 4) is 0 Å². The maximum absolute atomic E-state index is 11.6. The molecule has 6 heteroatoms. The number of hydrogen-bond donors (Lipinski definition) is 1. The van der Waals surface area contributed by atoms with E-state index in [-0.39, 0.29) is 18.2 Å². The second-order valence-corrected chi connectivity index (χ2v) is 6.01. The third kappa shape index (κ3) is 3.04. The van der Waals surface area contributed by atoms with Gasteiger partial charge in [-0.25, -0.2) is 8.42 Å². The molecule has 5 nitrogen and oxygen atoms in total. The van der Waals surface area contributed by atoms with E-state index < -0.39 is 10.0 Å². The molecule has 1 aromatic rings. The van der Waals surface area contributed by atoms with Crippen LogP contribution in [0.3, 0.4) is 0 Å². The van der Waals surface area contributed by atoms with Crippen LogP contribution >= 0.6 is 0 Å². The zero-order valence-electron chi connectivity index (χ0n) is 9.30. The fraction of sp³-hybridized carbons (Fsp3) is 0.364. The number of benzene rings is 1. The highest BCUT2D eigenvalue weighted by Gasteiger charge is 2.29. The maximum Gasteiger partial charge on any atom is 0.239 e. The second-order valence-electron chi connectivity index (χ2n) is 3.92. The number of rotatable bonds is 3. The average molecular weight is 254 g/mol. The van der Waals surface area contributed by atoms with Gasteiger partial charge in [0.15, 0.2) is 0 Å². The zero-order valence-corrected chi connectivity index (χ0v) is 10.1. The van der Waals surface area contributed by atoms with Gasteiger partial charge in [-0.15, -0.1) is 0 Å². The summed E-state index contributed by atoms with van der Waals surface area (Å²) < 4.78 is 24.2. The highest BCUT2D eigenvalue weighted by atomic mass is 32.2. The molecule has 0 unspecified atom stereocenters. The molecule has 0 saturated carbocycles. The SMILES string of the molecule is O=C(CN1CCCS1(=O)=O)Nc1ccccc1. The number of sulfonamides is 1. The summed E-state index contributed by atoms with van der Waals surface area (Å²) in [5, 5.41) is 2.66. The molecule has 0 aliphatic carbocycles. The molecule has 2 rings (SSSR count). The molecule has 1 amide bonds. The van der Waals surface area contributed by atoms with Gasteiger partial charge in [-0.2, -0.15) is 4.31 Å². The molecule has 0 atom stereocenters. The number of nitrogens with one attached hydrogen (secondary N) is 1. The van der Waals surface area contributed by atoms with E-state index in [1.54, 1.807) is 12.1 Å². The summed E-state index contributed by atoms with van der Waals surface area (Å²) in [5.41, 5.74) is 0.675. The van der Waals surface area contributed by atoms with Crippen molar-refractivity contribution in [3.05, 3.63) is 30.3 Å². The summed E-state index contributed by atoms with van der Waals surface area (Å²) in [6.45, 7) is 0.335. The summed E-state index contributed by atoms with van der Waals surface area (Å²) in [5.74, 6) is -0.160. The highest BCUT2D eigenvalue weighted by molar-refractivity contribution is 7.89. The Morgan fingerprint density at radius 1 is 1.29 bits per heavy atom. The second kappa shape index (κ2) is 4.85. The Labute approximate surface area is 100 Å². The van der Waals surface area contributed by atoms with E-state index in [1.807, 2.05) is 18.2 Å². The van der Waals surface area contributed by atoms with Crippen molar-refractivity contribution < 1.29 is 13.2 Å². The Morgan fingerprint density at radius 3 is 2.59 bits per heavy atom. The van der Waals surface area contributed by atoms with E-state index in [4.69, 9.17) is 0 Å². The molecule has 1 N–H and O–H groups in total. The van der Waals surface area contributed by atoms with Gasteiger partial charge < -0.3 is 5.32 Å². The Kier molecular flexibility index (Phi) is 3.44. The molecule has 92 valence electrons. The normalized spacial score (nSPS) is 19.1. The van der Waals surface area contributed by atoms with Crippen molar-refractivity contribution in [2.45, 2.75) is 6.42 Å². The van der Waals surface area contributed by atoms with Crippen LogP contribution in [0.4, 0.5) is 5.69 Å². The summed E-state index contributed by atoms with van der Waals surface area (Å²) in [4.78, 5) is 11.6. The lowest BCUT2D eigenvalue weighted by Crippen LogP contribution is -2.34. The van der Waals surface area contributed by atoms with E-state index in [0.717, 1.165) is 0 Å². The summed E-state index contributed by atoms with van der Waals surface area (Å²) in [6, 6.07) is 8.98. The number of anilines is 1. The standard InChI is InChI=1S/C11H14N2O3S/c14-11(12-10-5-2-1-3-6-10)9-13-7-4-8-17(13,15)16/h1-3,5-6H,4,7-9H2,(H,12,14). The first-order valence-corrected chi connectivity index (χ1v) is 7.01. The number of para-hydroxylation sites is 1. The molecule has 0 radical (unpaired) electrons. The number of nitrogens with zero attached hydrogens (tertiary/aromatic N) is 1. The van der Waals surface area contributed by atoms with Crippen molar-refractivity contribution in [2.24, 2.45) is 0 Å². The Balaban J connectivity index is 1.94. The van der Waals surface area contributed by atoms with Gasteiger partial charge in [0.2, 0.25) is 15.9 Å². The van der Waals surface area contributed by atoms with Crippen LogP contribution in [0, 0.1) is 0 Å². The lowest BCUT2D eigenvalue weighted by atomic mass is 10.3. The van der Waals surface area contributed by atoms with Gasteiger partial charge in [0.1, 0.15) is 0 Å². The third-order valence-corrected chi connectivity index (χ3v) is 4.48. The van der Waals surface area contributed by atoms with Gasteiger partial charge >= 0.3 is 0 Å². The van der Waals surface area contributed by atoms with Gasteiger partial charge in [0.25, 0.3) is 0 Å². The average Bonchev–Trinajstić information content (AvgIpc) is 2.59. The van der Waals surface area contributed by atoms with Crippen LogP contribution in [0.5, 0.6) is 0 Å². The van der Waals surface area contributed by atoms with Gasteiger partial charge in [0.05, 0.1) is 12.3 Å². The summed E-state index contributed by atoms with van der Waals surface area (Å²) in [6.07, 6.45) is 0.598. The lowest BCUT2D eigenvalue weighted by Gasteiger charge is -2.13. The smallest absolute Gasteiger partial charge is 0.239 e. The number of hydrogen-bond acceptors (Lipinski definition) is 3. The third-order valence-electron chi connectivity index (χ3n) is 2.58. The molecule has 1 aliphatic rings. The molecule has 0 spiro atoms. The monoisotopic (exact) mass is 254 g/mol. The number of carbonyl (C=O) groups excluding carboxylic acids is 1. The first kappa shape index (κ1) is 12.1. The highest BCUT2D eigenvalue weighted by Crippen LogP contribution is 2.13. The fourth-order valence-electron chi connectivity index (χ4n) is 1.75. The van der Waals surface area contributed by atoms with Crippen LogP contribution < -0.4 is 5.32 Å². The lowest BCUT2D eigenvalue weighted by molar-refractivity contribution is -0.116. The predicted octanol–water partition coefficient (Wildman–Crippen LogP) is 0.661. The molecule has 17 heavy (non-hydrogen) atoms. The van der Waals surface area contributed by atoms with Crippen molar-refractivity contribution in [1.82, 2.24) is 4.31 Å². The molecule has 1 fully saturated rings. The van der Waals surface area contributed by atoms with Crippen molar-refractivity contribution in [2.75, 3.05) is 24.2 Å². The van der Waals surface area contributed by atoms with Gasteiger partial charge in [-0.3, -0.25) is 4.79 Å². The Bertz CT molecular complexity index is 499. The van der Waals surface area contributed by atoms with E-state index in [9.17, 15) is 13.2 Å². The van der Waals surface area contributed by atoms with Crippen LogP contribution in [0.2, 0.25) is 0 Å². The molecule has 1 aliphatic heterocycles. The zero-order chi connectivity index (χ0) is 12.3. The molecule has 0 bridgehead atoms. The minimum Gasteiger partial charge on any atom is -0.325 e. The van der Waals surface area contributed by atoms with Gasteiger partial charge in [-0.1, -0.05) is 18.2 Å². The molecule has 0 aromatic heterocycles. The van der Waals surface area contributed by atoms with Crippen LogP contribution in [-0.2, 0) is 14.8 Å². The largest absolute Gasteiger partial charge is 0.325 e. The topological polar surface area (TPSA) is 66.5 Å². The molecule has 1 aromatic carbocycles. The fourth-order valence-corrected chi connectivity index (χ4v) is 3.22. The van der Waals surface area contributed by atoms with E-state index in [2.05, 4.69) is 5.32 Å². The molecule has 1 heterocycles. The van der Waals surface area contributed by atoms with Gasteiger partial charge in [0, 0.05) is 12.2 Å². The number of carbonyl (C=O) groups is 1. The van der Waals surface area contributed by atoms with Gasteiger partial charge in [-0.05, 0) is 18.6 Å². The van der Waals surface area contributed by atoms with Crippen molar-refractivity contribution >= 4 is 21.6 Å². The quantitative estimate of drug-likeness (QED) is 0.861. The minimum absolute atomic E-state index is 0.1000. The first-order chi connectivity index (χ1) is 8.08. The van der Waals surface area contributed by atoms with E-state index in [0.29, 0.717) is 18.7 Å². The maximum atomic E-state index is 11.6. The number of amides is 1. The first-order valence-electron chi connectivity index (χ1n) is 5.41. The van der Waals surface area contributed by atoms with Crippen LogP contribution in [0.25, 0.3) is 0 Å². The van der Waals surface area contributed by atoms with Crippen LogP contribution in [0.15, 0.2) is 30.3 Å².